The highest BCUT2D eigenvalue weighted by Gasteiger charge is 2.46. The average Bonchev–Trinajstić information content (AvgIpc) is 2.36. The van der Waals surface area contributed by atoms with Crippen LogP contribution in [0.4, 0.5) is 0 Å². The zero-order valence-corrected chi connectivity index (χ0v) is 11.8. The summed E-state index contributed by atoms with van der Waals surface area (Å²) in [4.78, 5) is 24.3. The van der Waals surface area contributed by atoms with Crippen LogP contribution in [-0.4, -0.2) is 17.9 Å². The fourth-order valence-corrected chi connectivity index (χ4v) is 3.30. The first-order chi connectivity index (χ1) is 9.46. The molecule has 3 rings (SSSR count). The van der Waals surface area contributed by atoms with Crippen LogP contribution in [0.5, 0.6) is 0 Å². The molecule has 2 aliphatic rings. The molecule has 0 radical (unpaired) electrons. The number of Topliss-reactive ketones (excluding diaryl/α,β-unsaturated/α-hetero) is 1. The summed E-state index contributed by atoms with van der Waals surface area (Å²) in [5, 5.41) is 0. The number of ether oxygens (including phenoxy) is 1. The van der Waals surface area contributed by atoms with Gasteiger partial charge < -0.3 is 4.74 Å². The second kappa shape index (κ2) is 4.58. The molecular formula is C17H18O3. The Hall–Kier alpha value is -1.90. The molecule has 20 heavy (non-hydrogen) atoms. The molecule has 0 saturated heterocycles. The predicted octanol–water partition coefficient (Wildman–Crippen LogP) is 3.00. The highest BCUT2D eigenvalue weighted by molar-refractivity contribution is 6.03. The van der Waals surface area contributed by atoms with Crippen LogP contribution in [0.1, 0.15) is 32.3 Å². The van der Waals surface area contributed by atoms with E-state index in [-0.39, 0.29) is 29.2 Å². The zero-order valence-electron chi connectivity index (χ0n) is 11.8. The lowest BCUT2D eigenvalue weighted by atomic mass is 9.67. The lowest BCUT2D eigenvalue weighted by Gasteiger charge is -2.41. The third-order valence-electron chi connectivity index (χ3n) is 4.11. The fourth-order valence-electron chi connectivity index (χ4n) is 3.30. The molecule has 104 valence electrons. The van der Waals surface area contributed by atoms with Crippen molar-refractivity contribution < 1.29 is 14.3 Å². The van der Waals surface area contributed by atoms with Crippen molar-refractivity contribution in [2.24, 2.45) is 11.3 Å². The SMILES string of the molecule is CC1(C)CC(=O)C2C(c3ccccc3)=CC(=O)OC2C1. The summed E-state index contributed by atoms with van der Waals surface area (Å²) in [6, 6.07) is 9.64. The van der Waals surface area contributed by atoms with Gasteiger partial charge in [0.1, 0.15) is 11.9 Å². The molecule has 2 atom stereocenters. The number of carbonyl (C=O) groups excluding carboxylic acids is 2. The van der Waals surface area contributed by atoms with Gasteiger partial charge in [-0.1, -0.05) is 44.2 Å². The van der Waals surface area contributed by atoms with Gasteiger partial charge in [-0.2, -0.15) is 0 Å². The molecule has 0 bridgehead atoms. The number of carbonyl (C=O) groups is 2. The van der Waals surface area contributed by atoms with Gasteiger partial charge in [0.15, 0.2) is 0 Å². The fraction of sp³-hybridized carbons (Fsp3) is 0.412. The third kappa shape index (κ3) is 2.28. The molecular weight excluding hydrogens is 252 g/mol. The largest absolute Gasteiger partial charge is 0.458 e. The molecule has 1 aliphatic carbocycles. The Labute approximate surface area is 118 Å². The van der Waals surface area contributed by atoms with Crippen LogP contribution >= 0.6 is 0 Å². The van der Waals surface area contributed by atoms with E-state index in [0.717, 1.165) is 17.6 Å². The van der Waals surface area contributed by atoms with Gasteiger partial charge in [0.2, 0.25) is 0 Å². The molecule has 1 heterocycles. The Balaban J connectivity index is 2.03. The summed E-state index contributed by atoms with van der Waals surface area (Å²) in [6.45, 7) is 4.10. The van der Waals surface area contributed by atoms with E-state index in [2.05, 4.69) is 13.8 Å². The van der Waals surface area contributed by atoms with Crippen molar-refractivity contribution in [2.75, 3.05) is 0 Å². The molecule has 3 heteroatoms. The van der Waals surface area contributed by atoms with E-state index in [1.807, 2.05) is 30.3 Å². The molecule has 0 aromatic heterocycles. The maximum Gasteiger partial charge on any atom is 0.331 e. The molecule has 2 unspecified atom stereocenters. The quantitative estimate of drug-likeness (QED) is 0.737. The van der Waals surface area contributed by atoms with Gasteiger partial charge in [0.05, 0.1) is 5.92 Å². The molecule has 0 amide bonds. The predicted molar refractivity (Wildman–Crippen MR) is 75.8 cm³/mol. The number of hydrogen-bond acceptors (Lipinski definition) is 3. The van der Waals surface area contributed by atoms with E-state index in [1.165, 1.54) is 6.08 Å². The minimum atomic E-state index is -0.337. The van der Waals surface area contributed by atoms with E-state index in [4.69, 9.17) is 4.74 Å². The van der Waals surface area contributed by atoms with Gasteiger partial charge in [0, 0.05) is 12.5 Å². The number of rotatable bonds is 1. The maximum absolute atomic E-state index is 12.5. The standard InChI is InChI=1S/C17H18O3/c1-17(2)9-13(18)16-12(11-6-4-3-5-7-11)8-15(19)20-14(16)10-17/h3-8,14,16H,9-10H2,1-2H3. The first-order valence-electron chi connectivity index (χ1n) is 6.97. The van der Waals surface area contributed by atoms with E-state index in [1.54, 1.807) is 0 Å². The molecule has 1 aromatic carbocycles. The normalized spacial score (nSPS) is 28.4. The first-order valence-corrected chi connectivity index (χ1v) is 6.97. The molecule has 0 spiro atoms. The zero-order chi connectivity index (χ0) is 14.3. The van der Waals surface area contributed by atoms with Gasteiger partial charge in [-0.3, -0.25) is 4.79 Å². The van der Waals surface area contributed by atoms with Crippen LogP contribution in [0.15, 0.2) is 36.4 Å². The van der Waals surface area contributed by atoms with Gasteiger partial charge in [-0.05, 0) is 23.0 Å². The van der Waals surface area contributed by atoms with Crippen molar-refractivity contribution in [1.82, 2.24) is 0 Å². The van der Waals surface area contributed by atoms with Crippen molar-refractivity contribution in [3.8, 4) is 0 Å². The summed E-state index contributed by atoms with van der Waals surface area (Å²) >= 11 is 0. The summed E-state index contributed by atoms with van der Waals surface area (Å²) in [7, 11) is 0. The molecule has 1 aliphatic heterocycles. The number of hydrogen-bond donors (Lipinski definition) is 0. The topological polar surface area (TPSA) is 43.4 Å². The number of esters is 1. The molecule has 3 nitrogen and oxygen atoms in total. The van der Waals surface area contributed by atoms with Crippen molar-refractivity contribution in [3.05, 3.63) is 42.0 Å². The van der Waals surface area contributed by atoms with Gasteiger partial charge in [0.25, 0.3) is 0 Å². The maximum atomic E-state index is 12.5. The highest BCUT2D eigenvalue weighted by Crippen LogP contribution is 2.44. The minimum Gasteiger partial charge on any atom is -0.458 e. The first kappa shape index (κ1) is 13.1. The molecule has 0 N–H and O–H groups in total. The Morgan fingerprint density at radius 3 is 2.55 bits per heavy atom. The van der Waals surface area contributed by atoms with Crippen LogP contribution in [0.2, 0.25) is 0 Å². The Kier molecular flexibility index (Phi) is 3.00. The van der Waals surface area contributed by atoms with Crippen LogP contribution in [0.25, 0.3) is 5.57 Å². The van der Waals surface area contributed by atoms with E-state index in [9.17, 15) is 9.59 Å². The van der Waals surface area contributed by atoms with Crippen molar-refractivity contribution >= 4 is 17.3 Å². The Bertz CT molecular complexity index is 584. The molecule has 1 aromatic rings. The summed E-state index contributed by atoms with van der Waals surface area (Å²) in [5.41, 5.74) is 1.65. The monoisotopic (exact) mass is 270 g/mol. The van der Waals surface area contributed by atoms with E-state index < -0.39 is 0 Å². The summed E-state index contributed by atoms with van der Waals surface area (Å²) < 4.78 is 5.41. The van der Waals surface area contributed by atoms with E-state index >= 15 is 0 Å². The summed E-state index contributed by atoms with van der Waals surface area (Å²) in [5.74, 6) is -0.465. The van der Waals surface area contributed by atoms with E-state index in [0.29, 0.717) is 6.42 Å². The average molecular weight is 270 g/mol. The Morgan fingerprint density at radius 1 is 1.15 bits per heavy atom. The smallest absolute Gasteiger partial charge is 0.331 e. The van der Waals surface area contributed by atoms with Crippen LogP contribution in [0.3, 0.4) is 0 Å². The number of ketones is 1. The van der Waals surface area contributed by atoms with Gasteiger partial charge >= 0.3 is 5.97 Å². The minimum absolute atomic E-state index is 0.0995. The van der Waals surface area contributed by atoms with Crippen LogP contribution < -0.4 is 0 Å². The lowest BCUT2D eigenvalue weighted by molar-refractivity contribution is -0.153. The van der Waals surface area contributed by atoms with Gasteiger partial charge in [-0.25, -0.2) is 4.79 Å². The lowest BCUT2D eigenvalue weighted by Crippen LogP contribution is -2.45. The van der Waals surface area contributed by atoms with Crippen LogP contribution in [0, 0.1) is 11.3 Å². The second-order valence-corrected chi connectivity index (χ2v) is 6.43. The number of fused-ring (bicyclic) bond motifs is 1. The Morgan fingerprint density at radius 2 is 1.85 bits per heavy atom. The van der Waals surface area contributed by atoms with Gasteiger partial charge in [-0.15, -0.1) is 0 Å². The van der Waals surface area contributed by atoms with Crippen molar-refractivity contribution in [2.45, 2.75) is 32.8 Å². The molecule has 1 fully saturated rings. The highest BCUT2D eigenvalue weighted by atomic mass is 16.5. The van der Waals surface area contributed by atoms with Crippen LogP contribution in [-0.2, 0) is 14.3 Å². The van der Waals surface area contributed by atoms with Crippen molar-refractivity contribution in [1.29, 1.82) is 0 Å². The summed E-state index contributed by atoms with van der Waals surface area (Å²) in [6.07, 6.45) is 2.43. The third-order valence-corrected chi connectivity index (χ3v) is 4.11. The number of benzene rings is 1. The van der Waals surface area contributed by atoms with Crippen molar-refractivity contribution in [3.63, 3.8) is 0 Å². The second-order valence-electron chi connectivity index (χ2n) is 6.43. The molecule has 1 saturated carbocycles.